The fourth-order valence-corrected chi connectivity index (χ4v) is 2.74. The number of carbonyl (C=O) groups excluding carboxylic acids is 1. The molecule has 0 radical (unpaired) electrons. The van der Waals surface area contributed by atoms with Gasteiger partial charge in [0.25, 0.3) is 0 Å². The van der Waals surface area contributed by atoms with Crippen molar-refractivity contribution in [1.29, 1.82) is 0 Å². The molecule has 0 saturated heterocycles. The van der Waals surface area contributed by atoms with Gasteiger partial charge in [0.15, 0.2) is 5.82 Å². The van der Waals surface area contributed by atoms with Crippen LogP contribution >= 0.6 is 11.6 Å². The number of amides is 1. The van der Waals surface area contributed by atoms with Crippen LogP contribution in [0.3, 0.4) is 0 Å². The molecule has 2 N–H and O–H groups in total. The zero-order valence-corrected chi connectivity index (χ0v) is 14.5. The van der Waals surface area contributed by atoms with E-state index in [2.05, 4.69) is 10.4 Å². The van der Waals surface area contributed by atoms with Crippen molar-refractivity contribution in [3.63, 3.8) is 0 Å². The zero-order valence-electron chi connectivity index (χ0n) is 13.8. The van der Waals surface area contributed by atoms with Gasteiger partial charge < -0.3 is 10.4 Å². The molecular formula is C18H17ClFN3O2. The lowest BCUT2D eigenvalue weighted by molar-refractivity contribution is -0.119. The summed E-state index contributed by atoms with van der Waals surface area (Å²) in [5.74, 6) is -0.403. The van der Waals surface area contributed by atoms with Crippen LogP contribution in [0, 0.1) is 5.82 Å². The van der Waals surface area contributed by atoms with Gasteiger partial charge in [-0.1, -0.05) is 23.7 Å². The Balaban J connectivity index is 2.09. The van der Waals surface area contributed by atoms with Gasteiger partial charge in [-0.25, -0.2) is 8.91 Å². The van der Waals surface area contributed by atoms with Crippen molar-refractivity contribution in [2.24, 2.45) is 0 Å². The molecule has 2 aromatic heterocycles. The van der Waals surface area contributed by atoms with E-state index in [4.69, 9.17) is 11.6 Å². The summed E-state index contributed by atoms with van der Waals surface area (Å²) in [5.41, 5.74) is 0.865. The van der Waals surface area contributed by atoms with Gasteiger partial charge in [0, 0.05) is 11.2 Å². The normalized spacial score (nSPS) is 11.7. The van der Waals surface area contributed by atoms with Crippen LogP contribution in [-0.2, 0) is 4.79 Å². The average molecular weight is 362 g/mol. The van der Waals surface area contributed by atoms with Crippen molar-refractivity contribution >= 4 is 28.8 Å². The van der Waals surface area contributed by atoms with E-state index in [1.165, 1.54) is 12.1 Å². The Morgan fingerprint density at radius 1 is 1.32 bits per heavy atom. The number of aliphatic hydroxyl groups is 1. The molecule has 1 aromatic carbocycles. The first kappa shape index (κ1) is 17.4. The molecule has 5 nitrogen and oxygen atoms in total. The highest BCUT2D eigenvalue weighted by atomic mass is 35.5. The Kier molecular flexibility index (Phi) is 4.49. The lowest BCUT2D eigenvalue weighted by Gasteiger charge is -2.16. The van der Waals surface area contributed by atoms with Crippen LogP contribution in [0.25, 0.3) is 16.6 Å². The monoisotopic (exact) mass is 361 g/mol. The van der Waals surface area contributed by atoms with Gasteiger partial charge in [-0.05, 0) is 43.7 Å². The quantitative estimate of drug-likeness (QED) is 0.740. The number of nitrogens with zero attached hydrogens (tertiary/aromatic N) is 2. The number of hydrogen-bond donors (Lipinski definition) is 2. The molecule has 7 heteroatoms. The number of pyridine rings is 1. The standard InChI is InChI=1S/C18H17ClFN3O2/c1-18(2,25)10-15(24)21-17-16(11-3-5-13(20)6-4-11)14-9-12(19)7-8-23(14)22-17/h3-9,25H,10H2,1-2H3,(H,21,22,24). The van der Waals surface area contributed by atoms with E-state index in [1.54, 1.807) is 48.8 Å². The number of fused-ring (bicyclic) bond motifs is 1. The highest BCUT2D eigenvalue weighted by Gasteiger charge is 2.22. The van der Waals surface area contributed by atoms with Crippen LogP contribution in [0.15, 0.2) is 42.6 Å². The van der Waals surface area contributed by atoms with Crippen molar-refractivity contribution in [2.75, 3.05) is 5.32 Å². The van der Waals surface area contributed by atoms with Crippen LogP contribution < -0.4 is 5.32 Å². The molecule has 25 heavy (non-hydrogen) atoms. The van der Waals surface area contributed by atoms with Gasteiger partial charge in [0.2, 0.25) is 5.91 Å². The van der Waals surface area contributed by atoms with Crippen molar-refractivity contribution in [3.8, 4) is 11.1 Å². The van der Waals surface area contributed by atoms with Crippen molar-refractivity contribution in [3.05, 3.63) is 53.4 Å². The summed E-state index contributed by atoms with van der Waals surface area (Å²) >= 11 is 6.08. The third-order valence-electron chi connectivity index (χ3n) is 3.58. The van der Waals surface area contributed by atoms with Crippen LogP contribution in [0.5, 0.6) is 0 Å². The van der Waals surface area contributed by atoms with Crippen molar-refractivity contribution in [2.45, 2.75) is 25.9 Å². The Labute approximate surface area is 149 Å². The zero-order chi connectivity index (χ0) is 18.2. The second-order valence-corrected chi connectivity index (χ2v) is 6.88. The first-order chi connectivity index (χ1) is 11.7. The van der Waals surface area contributed by atoms with Crippen molar-refractivity contribution in [1.82, 2.24) is 9.61 Å². The topological polar surface area (TPSA) is 66.6 Å². The summed E-state index contributed by atoms with van der Waals surface area (Å²) < 4.78 is 14.9. The number of hydrogen-bond acceptors (Lipinski definition) is 3. The van der Waals surface area contributed by atoms with E-state index in [0.717, 1.165) is 0 Å². The minimum absolute atomic E-state index is 0.0789. The molecule has 0 fully saturated rings. The Hall–Kier alpha value is -2.44. The Morgan fingerprint density at radius 2 is 2.00 bits per heavy atom. The summed E-state index contributed by atoms with van der Waals surface area (Å²) in [6, 6.07) is 9.30. The lowest BCUT2D eigenvalue weighted by Crippen LogP contribution is -2.27. The van der Waals surface area contributed by atoms with Gasteiger partial charge in [0.1, 0.15) is 5.82 Å². The minimum atomic E-state index is -1.14. The minimum Gasteiger partial charge on any atom is -0.390 e. The maximum absolute atomic E-state index is 13.3. The molecule has 0 saturated carbocycles. The van der Waals surface area contributed by atoms with E-state index in [1.807, 2.05) is 0 Å². The number of benzene rings is 1. The molecule has 1 amide bonds. The third kappa shape index (κ3) is 3.97. The number of anilines is 1. The molecule has 0 aliphatic rings. The summed E-state index contributed by atoms with van der Waals surface area (Å²) in [4.78, 5) is 12.2. The molecule has 130 valence electrons. The first-order valence-electron chi connectivity index (χ1n) is 7.69. The predicted molar refractivity (Wildman–Crippen MR) is 95.1 cm³/mol. The number of carbonyl (C=O) groups is 1. The van der Waals surface area contributed by atoms with Crippen LogP contribution in [0.2, 0.25) is 5.02 Å². The molecule has 0 spiro atoms. The van der Waals surface area contributed by atoms with Gasteiger partial charge in [-0.15, -0.1) is 5.10 Å². The molecule has 0 bridgehead atoms. The van der Waals surface area contributed by atoms with E-state index >= 15 is 0 Å². The van der Waals surface area contributed by atoms with Gasteiger partial charge >= 0.3 is 0 Å². The van der Waals surface area contributed by atoms with E-state index in [-0.39, 0.29) is 18.1 Å². The second kappa shape index (κ2) is 6.46. The van der Waals surface area contributed by atoms with E-state index in [9.17, 15) is 14.3 Å². The molecule has 0 aliphatic heterocycles. The smallest absolute Gasteiger partial charge is 0.228 e. The molecule has 0 unspecified atom stereocenters. The van der Waals surface area contributed by atoms with E-state index in [0.29, 0.717) is 27.5 Å². The molecule has 3 rings (SSSR count). The largest absolute Gasteiger partial charge is 0.390 e. The molecule has 2 heterocycles. The Bertz CT molecular complexity index is 930. The van der Waals surface area contributed by atoms with Crippen LogP contribution in [-0.4, -0.2) is 26.2 Å². The second-order valence-electron chi connectivity index (χ2n) is 6.44. The molecule has 0 aliphatic carbocycles. The number of rotatable bonds is 4. The van der Waals surface area contributed by atoms with Crippen LogP contribution in [0.1, 0.15) is 20.3 Å². The summed E-state index contributed by atoms with van der Waals surface area (Å²) in [5, 5.41) is 17.4. The summed E-state index contributed by atoms with van der Waals surface area (Å²) in [6.45, 7) is 3.10. The first-order valence-corrected chi connectivity index (χ1v) is 8.07. The van der Waals surface area contributed by atoms with E-state index < -0.39 is 5.60 Å². The number of nitrogens with one attached hydrogen (secondary N) is 1. The highest BCUT2D eigenvalue weighted by Crippen LogP contribution is 2.33. The van der Waals surface area contributed by atoms with Crippen molar-refractivity contribution < 1.29 is 14.3 Å². The molecule has 3 aromatic rings. The number of aromatic nitrogens is 2. The average Bonchev–Trinajstić information content (AvgIpc) is 2.83. The summed E-state index contributed by atoms with van der Waals surface area (Å²) in [6.07, 6.45) is 1.60. The lowest BCUT2D eigenvalue weighted by atomic mass is 10.0. The fourth-order valence-electron chi connectivity index (χ4n) is 2.58. The van der Waals surface area contributed by atoms with Gasteiger partial charge in [-0.3, -0.25) is 4.79 Å². The molecular weight excluding hydrogens is 345 g/mol. The van der Waals surface area contributed by atoms with Gasteiger partial charge in [0.05, 0.1) is 23.1 Å². The Morgan fingerprint density at radius 3 is 2.64 bits per heavy atom. The maximum Gasteiger partial charge on any atom is 0.228 e. The molecule has 0 atom stereocenters. The number of halogens is 2. The SMILES string of the molecule is CC(C)(O)CC(=O)Nc1nn2ccc(Cl)cc2c1-c1ccc(F)cc1. The van der Waals surface area contributed by atoms with Gasteiger partial charge in [-0.2, -0.15) is 0 Å². The maximum atomic E-state index is 13.3. The fraction of sp³-hybridized carbons (Fsp3) is 0.222. The third-order valence-corrected chi connectivity index (χ3v) is 3.82. The predicted octanol–water partition coefficient (Wildman–Crippen LogP) is 3.89. The van der Waals surface area contributed by atoms with Crippen LogP contribution in [0.4, 0.5) is 10.2 Å². The highest BCUT2D eigenvalue weighted by molar-refractivity contribution is 6.31. The summed E-state index contributed by atoms with van der Waals surface area (Å²) in [7, 11) is 0.